The van der Waals surface area contributed by atoms with E-state index in [0.29, 0.717) is 5.92 Å². The number of aliphatic hydroxyl groups is 1. The highest BCUT2D eigenvalue weighted by Crippen LogP contribution is 2.23. The maximum atomic E-state index is 9.22. The molecular weight excluding hydrogens is 496 g/mol. The van der Waals surface area contributed by atoms with Crippen LogP contribution in [0.15, 0.2) is 142 Å². The van der Waals surface area contributed by atoms with Crippen molar-refractivity contribution in [2.75, 3.05) is 6.61 Å². The van der Waals surface area contributed by atoms with E-state index >= 15 is 0 Å². The molecule has 1 unspecified atom stereocenters. The van der Waals surface area contributed by atoms with Crippen LogP contribution in [0.1, 0.15) is 94.4 Å². The largest absolute Gasteiger partial charge is 0.392 e. The Morgan fingerprint density at radius 3 is 1.51 bits per heavy atom. The lowest BCUT2D eigenvalue weighted by atomic mass is 9.90. The lowest BCUT2D eigenvalue weighted by molar-refractivity contribution is 0.330. The molecule has 0 bridgehead atoms. The summed E-state index contributed by atoms with van der Waals surface area (Å²) in [5.41, 5.74) is 10.0. The first-order chi connectivity index (χ1) is 19.4. The highest BCUT2D eigenvalue weighted by atomic mass is 16.3. The Balaban J connectivity index is 4.75. The molecule has 1 nitrogen and oxygen atoms in total. The molecule has 0 aliphatic carbocycles. The van der Waals surface area contributed by atoms with Gasteiger partial charge >= 0.3 is 0 Å². The molecule has 1 heteroatoms. The zero-order valence-electron chi connectivity index (χ0n) is 27.6. The van der Waals surface area contributed by atoms with Gasteiger partial charge in [-0.25, -0.2) is 0 Å². The molecule has 0 aromatic heterocycles. The molecule has 0 aliphatic rings. The van der Waals surface area contributed by atoms with Gasteiger partial charge in [0, 0.05) is 0 Å². The first kappa shape index (κ1) is 37.8. The van der Waals surface area contributed by atoms with Crippen LogP contribution in [0.25, 0.3) is 0 Å². The fourth-order valence-electron chi connectivity index (χ4n) is 3.79. The second kappa shape index (κ2) is 23.5. The number of rotatable bonds is 18. The van der Waals surface area contributed by atoms with Crippen molar-refractivity contribution in [3.05, 3.63) is 142 Å². The molecule has 1 N–H and O–H groups in total. The van der Waals surface area contributed by atoms with Gasteiger partial charge in [-0.05, 0) is 100 Å². The third-order valence-electron chi connectivity index (χ3n) is 6.70. The van der Waals surface area contributed by atoms with Gasteiger partial charge in [0.2, 0.25) is 0 Å². The van der Waals surface area contributed by atoms with Gasteiger partial charge < -0.3 is 5.11 Å². The zero-order chi connectivity index (χ0) is 31.0. The predicted molar refractivity (Wildman–Crippen MR) is 187 cm³/mol. The number of allylic oxidation sites excluding steroid dienone is 22. The van der Waals surface area contributed by atoms with Crippen molar-refractivity contribution < 1.29 is 5.11 Å². The van der Waals surface area contributed by atoms with Crippen molar-refractivity contribution >= 4 is 0 Å². The van der Waals surface area contributed by atoms with Crippen molar-refractivity contribution in [1.82, 2.24) is 0 Å². The van der Waals surface area contributed by atoms with Crippen molar-refractivity contribution in [2.24, 2.45) is 5.92 Å². The first-order valence-corrected chi connectivity index (χ1v) is 15.0. The summed E-state index contributed by atoms with van der Waals surface area (Å²) in [7, 11) is 0. The zero-order valence-corrected chi connectivity index (χ0v) is 27.6. The average molecular weight is 555 g/mol. The summed E-state index contributed by atoms with van der Waals surface area (Å²) in [6.45, 7) is 23.4. The number of hydrogen-bond acceptors (Lipinski definition) is 1. The monoisotopic (exact) mass is 554 g/mol. The van der Waals surface area contributed by atoms with Gasteiger partial charge in [0.15, 0.2) is 0 Å². The molecule has 41 heavy (non-hydrogen) atoms. The molecule has 0 amide bonds. The van der Waals surface area contributed by atoms with E-state index < -0.39 is 0 Å². The Labute approximate surface area is 253 Å². The van der Waals surface area contributed by atoms with E-state index in [-0.39, 0.29) is 6.61 Å². The van der Waals surface area contributed by atoms with Crippen molar-refractivity contribution in [3.63, 3.8) is 0 Å². The molecule has 1 atom stereocenters. The molecule has 0 saturated heterocycles. The topological polar surface area (TPSA) is 20.2 Å². The van der Waals surface area contributed by atoms with Crippen LogP contribution in [-0.4, -0.2) is 11.7 Å². The van der Waals surface area contributed by atoms with Gasteiger partial charge in [-0.1, -0.05) is 142 Å². The van der Waals surface area contributed by atoms with Crippen LogP contribution in [0.2, 0.25) is 0 Å². The fraction of sp³-hybridized carbons (Fsp3) is 0.400. The van der Waals surface area contributed by atoms with Crippen LogP contribution in [0.3, 0.4) is 0 Å². The summed E-state index contributed by atoms with van der Waals surface area (Å²) in [5.74, 6) is 0.457. The van der Waals surface area contributed by atoms with Crippen LogP contribution in [-0.2, 0) is 0 Å². The van der Waals surface area contributed by atoms with Gasteiger partial charge in [-0.3, -0.25) is 0 Å². The molecule has 0 saturated carbocycles. The quantitative estimate of drug-likeness (QED) is 0.132. The van der Waals surface area contributed by atoms with Gasteiger partial charge in [-0.2, -0.15) is 0 Å². The van der Waals surface area contributed by atoms with Gasteiger partial charge in [-0.15, -0.1) is 0 Å². The standard InChI is InChI=1S/C40H58O/c1-32(2)17-13-20-36(7)23-15-25-37(8)24-14-21-34(5)18-11-12-19-35(6)22-16-26-38(9)27-29-40(33(3)4)30-28-39(10)31-41/h11-12,14-19,21-26,28,40-41H,3,13,20,27,29-31H2,1-2,4-10H3/b12-11+,21-14+,22-16+,25-15+,34-18+,35-19+,36-23+,37-24+,38-26+,39-28+. The Kier molecular flexibility index (Phi) is 21.7. The van der Waals surface area contributed by atoms with Crippen molar-refractivity contribution in [3.8, 4) is 0 Å². The van der Waals surface area contributed by atoms with E-state index in [1.54, 1.807) is 0 Å². The highest BCUT2D eigenvalue weighted by molar-refractivity contribution is 5.31. The summed E-state index contributed by atoms with van der Waals surface area (Å²) in [5, 5.41) is 9.22. The third-order valence-corrected chi connectivity index (χ3v) is 6.70. The number of aliphatic hydroxyl groups excluding tert-OH is 1. The summed E-state index contributed by atoms with van der Waals surface area (Å²) >= 11 is 0. The SMILES string of the molecule is C=C(C)C(C/C=C(\C)CO)CC/C(C)=C/C=C/C(C)=C/C=C/C=C(C)/C=C/C=C(C)/C=C/C=C(\C)CCC=C(C)C. The predicted octanol–water partition coefficient (Wildman–Crippen LogP) is 12.0. The molecule has 224 valence electrons. The maximum Gasteiger partial charge on any atom is 0.0639 e. The molecule has 0 radical (unpaired) electrons. The van der Waals surface area contributed by atoms with Gasteiger partial charge in [0.25, 0.3) is 0 Å². The Morgan fingerprint density at radius 2 is 1.05 bits per heavy atom. The Hall–Kier alpha value is -3.16. The lowest BCUT2D eigenvalue weighted by Gasteiger charge is -2.15. The van der Waals surface area contributed by atoms with Crippen LogP contribution in [0.4, 0.5) is 0 Å². The molecule has 0 rings (SSSR count). The molecule has 0 aromatic rings. The van der Waals surface area contributed by atoms with E-state index in [0.717, 1.165) is 37.7 Å². The van der Waals surface area contributed by atoms with E-state index in [1.807, 2.05) is 6.92 Å². The van der Waals surface area contributed by atoms with Crippen LogP contribution >= 0.6 is 0 Å². The minimum Gasteiger partial charge on any atom is -0.392 e. The second-order valence-electron chi connectivity index (χ2n) is 11.6. The molecule has 0 heterocycles. The second-order valence-corrected chi connectivity index (χ2v) is 11.6. The molecule has 0 fully saturated rings. The summed E-state index contributed by atoms with van der Waals surface area (Å²) in [6.07, 6.45) is 37.5. The lowest BCUT2D eigenvalue weighted by Crippen LogP contribution is -2.01. The normalized spacial score (nSPS) is 15.7. The summed E-state index contributed by atoms with van der Waals surface area (Å²) < 4.78 is 0. The number of hydrogen-bond donors (Lipinski definition) is 1. The summed E-state index contributed by atoms with van der Waals surface area (Å²) in [6, 6.07) is 0. The molecule has 0 aromatic carbocycles. The Morgan fingerprint density at radius 1 is 0.585 bits per heavy atom. The average Bonchev–Trinajstić information content (AvgIpc) is 2.90. The van der Waals surface area contributed by atoms with E-state index in [1.165, 1.54) is 39.0 Å². The van der Waals surface area contributed by atoms with E-state index in [9.17, 15) is 5.11 Å². The smallest absolute Gasteiger partial charge is 0.0639 e. The van der Waals surface area contributed by atoms with E-state index in [2.05, 4.69) is 153 Å². The highest BCUT2D eigenvalue weighted by Gasteiger charge is 2.08. The third kappa shape index (κ3) is 23.3. The van der Waals surface area contributed by atoms with Crippen LogP contribution < -0.4 is 0 Å². The minimum absolute atomic E-state index is 0.132. The molecule has 0 aliphatic heterocycles. The summed E-state index contributed by atoms with van der Waals surface area (Å²) in [4.78, 5) is 0. The fourth-order valence-corrected chi connectivity index (χ4v) is 3.79. The maximum absolute atomic E-state index is 9.22. The van der Waals surface area contributed by atoms with Crippen molar-refractivity contribution in [2.45, 2.75) is 94.4 Å². The Bertz CT molecular complexity index is 1130. The molecular formula is C40H58O. The van der Waals surface area contributed by atoms with Gasteiger partial charge in [0.05, 0.1) is 6.61 Å². The van der Waals surface area contributed by atoms with Crippen LogP contribution in [0.5, 0.6) is 0 Å². The van der Waals surface area contributed by atoms with Gasteiger partial charge in [0.1, 0.15) is 0 Å². The van der Waals surface area contributed by atoms with Crippen LogP contribution in [0, 0.1) is 5.92 Å². The van der Waals surface area contributed by atoms with Crippen molar-refractivity contribution in [1.29, 1.82) is 0 Å². The van der Waals surface area contributed by atoms with E-state index in [4.69, 9.17) is 0 Å². The molecule has 0 spiro atoms. The minimum atomic E-state index is 0.132. The first-order valence-electron chi connectivity index (χ1n) is 15.0.